The lowest BCUT2D eigenvalue weighted by atomic mass is 10.0. The zero-order valence-electron chi connectivity index (χ0n) is 20.1. The van der Waals surface area contributed by atoms with Crippen LogP contribution in [-0.2, 0) is 9.59 Å². The molecule has 0 radical (unpaired) electrons. The fraction of sp³-hybridized carbons (Fsp3) is 0.138. The maximum absolute atomic E-state index is 14.1. The molecule has 1 heterocycles. The summed E-state index contributed by atoms with van der Waals surface area (Å²) in [4.78, 5) is 41.7. The molecule has 3 amide bonds. The van der Waals surface area contributed by atoms with Crippen molar-refractivity contribution in [1.29, 1.82) is 0 Å². The van der Waals surface area contributed by atoms with Gasteiger partial charge >= 0.3 is 0 Å². The first kappa shape index (κ1) is 24.4. The smallest absolute Gasteiger partial charge is 0.251 e. The van der Waals surface area contributed by atoms with Crippen LogP contribution in [0.5, 0.6) is 5.75 Å². The molecule has 4 aromatic rings. The van der Waals surface area contributed by atoms with E-state index in [2.05, 4.69) is 5.32 Å². The van der Waals surface area contributed by atoms with Crippen molar-refractivity contribution in [3.8, 4) is 5.75 Å². The van der Waals surface area contributed by atoms with E-state index in [-0.39, 0.29) is 6.54 Å². The molecule has 0 bridgehead atoms. The number of carbonyl (C=O) groups is 3. The summed E-state index contributed by atoms with van der Waals surface area (Å²) in [6, 6.07) is 26.9. The van der Waals surface area contributed by atoms with Gasteiger partial charge in [0.2, 0.25) is 5.91 Å². The summed E-state index contributed by atoms with van der Waals surface area (Å²) in [5.41, 5.74) is 7.28. The highest BCUT2D eigenvalue weighted by Crippen LogP contribution is 2.47. The number of ether oxygens (including phenoxy) is 1. The highest BCUT2D eigenvalue weighted by Gasteiger charge is 2.41. The number of nitrogens with one attached hydrogen (secondary N) is 1. The van der Waals surface area contributed by atoms with Crippen LogP contribution >= 0.6 is 11.8 Å². The molecule has 0 fully saturated rings. The number of fused-ring (bicyclic) bond motifs is 2. The number of para-hydroxylation sites is 2. The fourth-order valence-corrected chi connectivity index (χ4v) is 5.93. The zero-order chi connectivity index (χ0) is 25.9. The summed E-state index contributed by atoms with van der Waals surface area (Å²) < 4.78 is 5.62. The molecule has 2 unspecified atom stereocenters. The largest absolute Gasteiger partial charge is 0.496 e. The third kappa shape index (κ3) is 4.88. The summed E-state index contributed by atoms with van der Waals surface area (Å²) in [5.74, 6) is -0.877. The van der Waals surface area contributed by atoms with Gasteiger partial charge in [0.1, 0.15) is 18.3 Å². The second-order valence-electron chi connectivity index (χ2n) is 8.65. The Hall–Kier alpha value is -4.30. The molecule has 1 aliphatic heterocycles. The molecule has 4 aromatic carbocycles. The predicted molar refractivity (Wildman–Crippen MR) is 145 cm³/mol. The van der Waals surface area contributed by atoms with E-state index in [1.807, 2.05) is 66.7 Å². The summed E-state index contributed by atoms with van der Waals surface area (Å²) >= 11 is 1.43. The molecular formula is C29H25N3O4S. The molecule has 0 spiro atoms. The van der Waals surface area contributed by atoms with Crippen LogP contribution in [-0.4, -0.2) is 37.4 Å². The number of rotatable bonds is 6. The first-order valence-corrected chi connectivity index (χ1v) is 12.6. The summed E-state index contributed by atoms with van der Waals surface area (Å²) in [6.07, 6.45) is 0. The third-order valence-corrected chi connectivity index (χ3v) is 7.68. The predicted octanol–water partition coefficient (Wildman–Crippen LogP) is 4.31. The van der Waals surface area contributed by atoms with Crippen molar-refractivity contribution in [3.63, 3.8) is 0 Å². The van der Waals surface area contributed by atoms with Crippen molar-refractivity contribution in [2.24, 2.45) is 5.73 Å². The number of amides is 3. The number of nitrogens with zero attached hydrogens (tertiary/aromatic N) is 1. The van der Waals surface area contributed by atoms with E-state index in [1.165, 1.54) is 16.7 Å². The maximum Gasteiger partial charge on any atom is 0.251 e. The third-order valence-electron chi connectivity index (χ3n) is 6.30. The van der Waals surface area contributed by atoms with E-state index in [9.17, 15) is 14.4 Å². The molecule has 0 saturated carbocycles. The Balaban J connectivity index is 1.60. The van der Waals surface area contributed by atoms with Gasteiger partial charge in [0.15, 0.2) is 0 Å². The molecule has 2 atom stereocenters. The maximum atomic E-state index is 14.1. The molecule has 186 valence electrons. The summed E-state index contributed by atoms with van der Waals surface area (Å²) in [5, 5.41) is 4.36. The molecule has 7 nitrogen and oxygen atoms in total. The first-order valence-electron chi connectivity index (χ1n) is 11.7. The number of methoxy groups -OCH3 is 1. The van der Waals surface area contributed by atoms with Crippen LogP contribution in [0.3, 0.4) is 0 Å². The minimum Gasteiger partial charge on any atom is -0.496 e. The molecule has 3 N–H and O–H groups in total. The minimum absolute atomic E-state index is 0.308. The normalized spacial score (nSPS) is 17.1. The van der Waals surface area contributed by atoms with Gasteiger partial charge in [0.25, 0.3) is 11.8 Å². The number of carbonyl (C=O) groups excluding carboxylic acids is 3. The van der Waals surface area contributed by atoms with Crippen LogP contribution in [0.25, 0.3) is 10.8 Å². The number of primary amides is 1. The van der Waals surface area contributed by atoms with Crippen LogP contribution < -0.4 is 20.7 Å². The lowest BCUT2D eigenvalue weighted by molar-refractivity contribution is -0.123. The van der Waals surface area contributed by atoms with Gasteiger partial charge in [-0.25, -0.2) is 0 Å². The molecule has 37 heavy (non-hydrogen) atoms. The minimum atomic E-state index is -1.01. The average molecular weight is 512 g/mol. The molecule has 0 saturated heterocycles. The van der Waals surface area contributed by atoms with E-state index in [0.717, 1.165) is 21.2 Å². The lowest BCUT2D eigenvalue weighted by Gasteiger charge is -2.28. The Morgan fingerprint density at radius 1 is 0.946 bits per heavy atom. The van der Waals surface area contributed by atoms with Crippen molar-refractivity contribution in [1.82, 2.24) is 5.32 Å². The van der Waals surface area contributed by atoms with E-state index in [0.29, 0.717) is 17.0 Å². The lowest BCUT2D eigenvalue weighted by Crippen LogP contribution is -2.52. The van der Waals surface area contributed by atoms with Crippen molar-refractivity contribution >= 4 is 45.9 Å². The van der Waals surface area contributed by atoms with E-state index < -0.39 is 29.0 Å². The van der Waals surface area contributed by atoms with Crippen LogP contribution in [0.4, 0.5) is 5.69 Å². The number of benzene rings is 4. The van der Waals surface area contributed by atoms with Gasteiger partial charge in [-0.05, 0) is 41.1 Å². The van der Waals surface area contributed by atoms with E-state index >= 15 is 0 Å². The zero-order valence-corrected chi connectivity index (χ0v) is 20.9. The van der Waals surface area contributed by atoms with E-state index in [4.69, 9.17) is 10.5 Å². The monoisotopic (exact) mass is 511 g/mol. The number of nitrogens with two attached hydrogens (primary N) is 1. The van der Waals surface area contributed by atoms with Gasteiger partial charge < -0.3 is 20.7 Å². The summed E-state index contributed by atoms with van der Waals surface area (Å²) in [7, 11) is 1.57. The number of thioether (sulfide) groups is 1. The van der Waals surface area contributed by atoms with Gasteiger partial charge in [0, 0.05) is 16.0 Å². The number of anilines is 1. The Kier molecular flexibility index (Phi) is 6.83. The number of hydrogen-bond acceptors (Lipinski definition) is 5. The molecule has 8 heteroatoms. The van der Waals surface area contributed by atoms with Gasteiger partial charge in [-0.1, -0.05) is 60.7 Å². The average Bonchev–Trinajstić information content (AvgIpc) is 3.03. The first-order chi connectivity index (χ1) is 18.0. The van der Waals surface area contributed by atoms with Gasteiger partial charge in [-0.15, -0.1) is 11.8 Å². The van der Waals surface area contributed by atoms with Crippen molar-refractivity contribution in [2.75, 3.05) is 18.6 Å². The van der Waals surface area contributed by atoms with Gasteiger partial charge in [-0.3, -0.25) is 14.4 Å². The second kappa shape index (κ2) is 10.4. The second-order valence-corrected chi connectivity index (χ2v) is 9.84. The Labute approximate surface area is 218 Å². The Morgan fingerprint density at radius 3 is 2.43 bits per heavy atom. The SMILES string of the molecule is COc1ccccc1C1Sc2ccccc2N(CC(N)=O)C(=O)C1NC(=O)c1ccc2ccccc2c1. The Bertz CT molecular complexity index is 1510. The quantitative estimate of drug-likeness (QED) is 0.402. The van der Waals surface area contributed by atoms with Crippen LogP contribution in [0, 0.1) is 0 Å². The Morgan fingerprint density at radius 2 is 1.65 bits per heavy atom. The van der Waals surface area contributed by atoms with Crippen LogP contribution in [0.1, 0.15) is 21.2 Å². The highest BCUT2D eigenvalue weighted by molar-refractivity contribution is 7.99. The molecular weight excluding hydrogens is 486 g/mol. The standard InChI is InChI=1S/C29H25N3O4S/c1-36-23-12-6-4-10-21(23)27-26(31-28(34)20-15-14-18-8-2-3-9-19(18)16-20)29(35)32(17-25(30)33)22-11-5-7-13-24(22)37-27/h2-16,26-27H,17H2,1H3,(H2,30,33)(H,31,34). The summed E-state index contributed by atoms with van der Waals surface area (Å²) in [6.45, 7) is -0.308. The topological polar surface area (TPSA) is 102 Å². The van der Waals surface area contributed by atoms with Crippen molar-refractivity contribution in [3.05, 3.63) is 102 Å². The van der Waals surface area contributed by atoms with Crippen molar-refractivity contribution < 1.29 is 19.1 Å². The molecule has 0 aliphatic carbocycles. The molecule has 5 rings (SSSR count). The fourth-order valence-electron chi connectivity index (χ4n) is 4.56. The number of hydrogen-bond donors (Lipinski definition) is 2. The van der Waals surface area contributed by atoms with Crippen molar-refractivity contribution in [2.45, 2.75) is 16.2 Å². The van der Waals surface area contributed by atoms with Crippen LogP contribution in [0.15, 0.2) is 95.9 Å². The van der Waals surface area contributed by atoms with E-state index in [1.54, 1.807) is 31.4 Å². The van der Waals surface area contributed by atoms with Crippen LogP contribution in [0.2, 0.25) is 0 Å². The highest BCUT2D eigenvalue weighted by atomic mass is 32.2. The molecule has 0 aromatic heterocycles. The van der Waals surface area contributed by atoms with Gasteiger partial charge in [-0.2, -0.15) is 0 Å². The molecule has 1 aliphatic rings. The van der Waals surface area contributed by atoms with Gasteiger partial charge in [0.05, 0.1) is 18.0 Å².